The molecule has 0 aromatic heterocycles. The van der Waals surface area contributed by atoms with Crippen molar-refractivity contribution in [1.29, 1.82) is 5.26 Å². The minimum atomic E-state index is -0.529. The van der Waals surface area contributed by atoms with Gasteiger partial charge in [-0.1, -0.05) is 36.4 Å². The van der Waals surface area contributed by atoms with Gasteiger partial charge in [-0.15, -0.1) is 0 Å². The first-order valence-corrected chi connectivity index (χ1v) is 10.1. The third kappa shape index (κ3) is 6.45. The monoisotopic (exact) mass is 441 g/mol. The molecule has 2 amide bonds. The maximum absolute atomic E-state index is 12.6. The largest absolute Gasteiger partial charge is 0.497 e. The summed E-state index contributed by atoms with van der Waals surface area (Å²) in [5, 5.41) is 15.0. The van der Waals surface area contributed by atoms with Crippen LogP contribution in [0.2, 0.25) is 0 Å². The number of benzene rings is 3. The summed E-state index contributed by atoms with van der Waals surface area (Å²) in [4.78, 5) is 24.9. The number of para-hydroxylation sites is 2. The molecule has 2 N–H and O–H groups in total. The van der Waals surface area contributed by atoms with Gasteiger partial charge in [-0.05, 0) is 55.0 Å². The van der Waals surface area contributed by atoms with Gasteiger partial charge in [0.15, 0.2) is 6.61 Å². The molecule has 0 aliphatic carbocycles. The van der Waals surface area contributed by atoms with E-state index in [1.807, 2.05) is 25.1 Å². The minimum absolute atomic E-state index is 0.0861. The summed E-state index contributed by atoms with van der Waals surface area (Å²) < 4.78 is 10.8. The van der Waals surface area contributed by atoms with Crippen molar-refractivity contribution in [2.24, 2.45) is 0 Å². The van der Waals surface area contributed by atoms with Gasteiger partial charge in [-0.25, -0.2) is 0 Å². The maximum atomic E-state index is 12.6. The zero-order valence-corrected chi connectivity index (χ0v) is 18.3. The summed E-state index contributed by atoms with van der Waals surface area (Å²) in [5.74, 6) is 0.180. The van der Waals surface area contributed by atoms with Gasteiger partial charge in [-0.2, -0.15) is 5.26 Å². The average Bonchev–Trinajstić information content (AvgIpc) is 2.83. The fourth-order valence-electron chi connectivity index (χ4n) is 2.95. The number of rotatable bonds is 8. The number of hydrogen-bond acceptors (Lipinski definition) is 5. The molecular formula is C26H23N3O4. The average molecular weight is 441 g/mol. The van der Waals surface area contributed by atoms with E-state index < -0.39 is 5.91 Å². The molecule has 0 fully saturated rings. The quantitative estimate of drug-likeness (QED) is 0.394. The molecular weight excluding hydrogens is 418 g/mol. The van der Waals surface area contributed by atoms with Crippen molar-refractivity contribution in [2.75, 3.05) is 24.4 Å². The normalized spacial score (nSPS) is 10.6. The predicted molar refractivity (Wildman–Crippen MR) is 127 cm³/mol. The standard InChI is InChI=1S/C26H23N3O4/c1-18-7-3-5-9-23(18)29-26(31)20(16-27)15-19-8-4-6-10-24(19)33-17-25(30)28-21-11-13-22(32-2)14-12-21/h3-15H,17H2,1-2H3,(H,28,30)(H,29,31)/b20-15-. The number of ether oxygens (including phenoxy) is 2. The first kappa shape index (κ1) is 23.1. The Hall–Kier alpha value is -4.57. The van der Waals surface area contributed by atoms with Gasteiger partial charge in [-0.3, -0.25) is 9.59 Å². The Morgan fingerprint density at radius 1 is 0.970 bits per heavy atom. The molecule has 0 atom stereocenters. The SMILES string of the molecule is COc1ccc(NC(=O)COc2ccccc2/C=C(/C#N)C(=O)Nc2ccccc2C)cc1. The molecule has 0 aliphatic rings. The topological polar surface area (TPSA) is 100 Å². The van der Waals surface area contributed by atoms with Crippen LogP contribution in [0.5, 0.6) is 11.5 Å². The molecule has 3 aromatic rings. The highest BCUT2D eigenvalue weighted by molar-refractivity contribution is 6.10. The highest BCUT2D eigenvalue weighted by Crippen LogP contribution is 2.22. The molecule has 0 saturated heterocycles. The van der Waals surface area contributed by atoms with Crippen LogP contribution in [0.1, 0.15) is 11.1 Å². The number of anilines is 2. The second kappa shape index (κ2) is 11.2. The van der Waals surface area contributed by atoms with E-state index in [9.17, 15) is 14.9 Å². The van der Waals surface area contributed by atoms with Crippen LogP contribution in [-0.4, -0.2) is 25.5 Å². The van der Waals surface area contributed by atoms with Crippen LogP contribution in [0.4, 0.5) is 11.4 Å². The smallest absolute Gasteiger partial charge is 0.266 e. The molecule has 166 valence electrons. The third-order valence-corrected chi connectivity index (χ3v) is 4.71. The van der Waals surface area contributed by atoms with E-state index in [2.05, 4.69) is 10.6 Å². The third-order valence-electron chi connectivity index (χ3n) is 4.71. The molecule has 0 aliphatic heterocycles. The molecule has 0 bridgehead atoms. The van der Waals surface area contributed by atoms with Crippen LogP contribution < -0.4 is 20.1 Å². The number of nitriles is 1. The molecule has 3 aromatic carbocycles. The zero-order chi connectivity index (χ0) is 23.6. The van der Waals surface area contributed by atoms with Crippen LogP contribution in [0, 0.1) is 18.3 Å². The Balaban J connectivity index is 1.68. The van der Waals surface area contributed by atoms with E-state index in [-0.39, 0.29) is 18.1 Å². The van der Waals surface area contributed by atoms with Gasteiger partial charge in [0.1, 0.15) is 23.1 Å². The number of hydrogen-bond donors (Lipinski definition) is 2. The van der Waals surface area contributed by atoms with Gasteiger partial charge in [0.25, 0.3) is 11.8 Å². The van der Waals surface area contributed by atoms with E-state index in [0.717, 1.165) is 5.56 Å². The first-order chi connectivity index (χ1) is 16.0. The Labute approximate surface area is 192 Å². The van der Waals surface area contributed by atoms with E-state index in [1.54, 1.807) is 67.8 Å². The lowest BCUT2D eigenvalue weighted by molar-refractivity contribution is -0.118. The highest BCUT2D eigenvalue weighted by atomic mass is 16.5. The lowest BCUT2D eigenvalue weighted by atomic mass is 10.1. The van der Waals surface area contributed by atoms with Crippen molar-refractivity contribution in [3.63, 3.8) is 0 Å². The number of carbonyl (C=O) groups excluding carboxylic acids is 2. The Kier molecular flexibility index (Phi) is 7.81. The summed E-state index contributed by atoms with van der Waals surface area (Å²) in [6, 6.07) is 23.0. The van der Waals surface area contributed by atoms with Gasteiger partial charge >= 0.3 is 0 Å². The molecule has 0 radical (unpaired) electrons. The molecule has 33 heavy (non-hydrogen) atoms. The highest BCUT2D eigenvalue weighted by Gasteiger charge is 2.13. The van der Waals surface area contributed by atoms with Crippen molar-refractivity contribution in [3.8, 4) is 17.6 Å². The van der Waals surface area contributed by atoms with Crippen LogP contribution >= 0.6 is 0 Å². The number of nitrogens with one attached hydrogen (secondary N) is 2. The van der Waals surface area contributed by atoms with Gasteiger partial charge in [0.05, 0.1) is 7.11 Å². The minimum Gasteiger partial charge on any atom is -0.497 e. The van der Waals surface area contributed by atoms with Gasteiger partial charge < -0.3 is 20.1 Å². The Bertz CT molecular complexity index is 1210. The number of methoxy groups -OCH3 is 1. The Morgan fingerprint density at radius 3 is 2.36 bits per heavy atom. The number of aryl methyl sites for hydroxylation is 1. The van der Waals surface area contributed by atoms with Crippen LogP contribution in [0.3, 0.4) is 0 Å². The second-order valence-corrected chi connectivity index (χ2v) is 7.04. The number of amides is 2. The van der Waals surface area contributed by atoms with Crippen LogP contribution in [-0.2, 0) is 9.59 Å². The van der Waals surface area contributed by atoms with E-state index in [4.69, 9.17) is 9.47 Å². The fraction of sp³-hybridized carbons (Fsp3) is 0.115. The van der Waals surface area contributed by atoms with Crippen molar-refractivity contribution in [2.45, 2.75) is 6.92 Å². The van der Waals surface area contributed by atoms with Crippen LogP contribution in [0.15, 0.2) is 78.4 Å². The summed E-state index contributed by atoms with van der Waals surface area (Å²) in [6.45, 7) is 1.62. The van der Waals surface area contributed by atoms with Crippen molar-refractivity contribution < 1.29 is 19.1 Å². The summed E-state index contributed by atoms with van der Waals surface area (Å²) in [5.41, 5.74) is 2.54. The van der Waals surface area contributed by atoms with Gasteiger partial charge in [0.2, 0.25) is 0 Å². The molecule has 0 saturated carbocycles. The zero-order valence-electron chi connectivity index (χ0n) is 18.3. The maximum Gasteiger partial charge on any atom is 0.266 e. The second-order valence-electron chi connectivity index (χ2n) is 7.04. The van der Waals surface area contributed by atoms with Crippen molar-refractivity contribution >= 4 is 29.3 Å². The van der Waals surface area contributed by atoms with Crippen molar-refractivity contribution in [3.05, 3.63) is 89.5 Å². The summed E-state index contributed by atoms with van der Waals surface area (Å²) in [6.07, 6.45) is 1.43. The van der Waals surface area contributed by atoms with Crippen molar-refractivity contribution in [1.82, 2.24) is 0 Å². The first-order valence-electron chi connectivity index (χ1n) is 10.1. The predicted octanol–water partition coefficient (Wildman–Crippen LogP) is 4.57. The van der Waals surface area contributed by atoms with Gasteiger partial charge in [0, 0.05) is 16.9 Å². The molecule has 0 unspecified atom stereocenters. The molecule has 7 nitrogen and oxygen atoms in total. The molecule has 0 spiro atoms. The van der Waals surface area contributed by atoms with Crippen LogP contribution in [0.25, 0.3) is 6.08 Å². The summed E-state index contributed by atoms with van der Waals surface area (Å²) >= 11 is 0. The fourth-order valence-corrected chi connectivity index (χ4v) is 2.95. The van der Waals surface area contributed by atoms with E-state index in [1.165, 1.54) is 6.08 Å². The number of nitrogens with zero attached hydrogens (tertiary/aromatic N) is 1. The number of carbonyl (C=O) groups is 2. The Morgan fingerprint density at radius 2 is 1.67 bits per heavy atom. The van der Waals surface area contributed by atoms with E-state index >= 15 is 0 Å². The lowest BCUT2D eigenvalue weighted by Gasteiger charge is -2.11. The molecule has 3 rings (SSSR count). The van der Waals surface area contributed by atoms with E-state index in [0.29, 0.717) is 28.4 Å². The molecule has 7 heteroatoms. The molecule has 0 heterocycles. The lowest BCUT2D eigenvalue weighted by Crippen LogP contribution is -2.20. The summed E-state index contributed by atoms with van der Waals surface area (Å²) in [7, 11) is 1.57.